The summed E-state index contributed by atoms with van der Waals surface area (Å²) in [6, 6.07) is 33.5. The summed E-state index contributed by atoms with van der Waals surface area (Å²) < 4.78 is 4.73. The zero-order valence-electron chi connectivity index (χ0n) is 14.5. The number of hydrogen-bond acceptors (Lipinski definition) is 1. The first-order valence-electron chi connectivity index (χ1n) is 8.22. The summed E-state index contributed by atoms with van der Waals surface area (Å²) >= 11 is -2.85. The van der Waals surface area contributed by atoms with E-state index >= 15 is 0 Å². The molecule has 0 aliphatic rings. The second-order valence-corrected chi connectivity index (χ2v) is 20.1. The molecule has 0 saturated carbocycles. The molecule has 0 N–H and O–H groups in total. The van der Waals surface area contributed by atoms with Gasteiger partial charge in [-0.2, -0.15) is 0 Å². The van der Waals surface area contributed by atoms with Gasteiger partial charge in [-0.25, -0.2) is 0 Å². The zero-order chi connectivity index (χ0) is 17.0. The van der Waals surface area contributed by atoms with E-state index in [-0.39, 0.29) is 4.75 Å². The summed E-state index contributed by atoms with van der Waals surface area (Å²) in [5.74, 6) is 0. The van der Waals surface area contributed by atoms with Crippen molar-refractivity contribution in [1.82, 2.24) is 0 Å². The van der Waals surface area contributed by atoms with Crippen molar-refractivity contribution in [3.8, 4) is 0 Å². The van der Waals surface area contributed by atoms with Crippen LogP contribution in [0.3, 0.4) is 0 Å². The molecular formula is C22H24STe. The van der Waals surface area contributed by atoms with Crippen LogP contribution in [0.2, 0.25) is 0 Å². The van der Waals surface area contributed by atoms with Gasteiger partial charge in [-0.15, -0.1) is 0 Å². The monoisotopic (exact) mass is 450 g/mol. The predicted molar refractivity (Wildman–Crippen MR) is 111 cm³/mol. The van der Waals surface area contributed by atoms with Gasteiger partial charge in [0.25, 0.3) is 0 Å². The Bertz CT molecular complexity index is 665. The average molecular weight is 448 g/mol. The summed E-state index contributed by atoms with van der Waals surface area (Å²) in [4.78, 5) is 0. The molecule has 3 aromatic rings. The van der Waals surface area contributed by atoms with Crippen molar-refractivity contribution >= 4 is 36.6 Å². The van der Waals surface area contributed by atoms with Gasteiger partial charge in [0.1, 0.15) is 0 Å². The van der Waals surface area contributed by atoms with Crippen molar-refractivity contribution < 1.29 is 0 Å². The van der Waals surface area contributed by atoms with Crippen molar-refractivity contribution in [3.63, 3.8) is 0 Å². The van der Waals surface area contributed by atoms with E-state index in [0.29, 0.717) is 0 Å². The van der Waals surface area contributed by atoms with Gasteiger partial charge in [0.15, 0.2) is 0 Å². The fourth-order valence-corrected chi connectivity index (χ4v) is 21.9. The Morgan fingerprint density at radius 3 is 1.08 bits per heavy atom. The van der Waals surface area contributed by atoms with Crippen LogP contribution in [0, 0.1) is 0 Å². The van der Waals surface area contributed by atoms with E-state index in [9.17, 15) is 0 Å². The van der Waals surface area contributed by atoms with Gasteiger partial charge in [-0.05, 0) is 0 Å². The summed E-state index contributed by atoms with van der Waals surface area (Å²) in [5.41, 5.74) is 0. The molecule has 0 aliphatic carbocycles. The second-order valence-electron chi connectivity index (χ2n) is 6.69. The Morgan fingerprint density at radius 2 is 0.833 bits per heavy atom. The maximum absolute atomic E-state index is 2.85. The van der Waals surface area contributed by atoms with Crippen LogP contribution in [-0.2, 0) is 0 Å². The molecule has 0 amide bonds. The summed E-state index contributed by atoms with van der Waals surface area (Å²) in [6.45, 7) is 7.02. The molecule has 0 unspecified atom stereocenters. The van der Waals surface area contributed by atoms with Gasteiger partial charge in [-0.3, -0.25) is 0 Å². The first-order valence-corrected chi connectivity index (χ1v) is 15.3. The van der Waals surface area contributed by atoms with E-state index in [0.717, 1.165) is 0 Å². The van der Waals surface area contributed by atoms with Crippen molar-refractivity contribution in [2.75, 3.05) is 0 Å². The Morgan fingerprint density at radius 1 is 0.542 bits per heavy atom. The molecule has 0 spiro atoms. The summed E-state index contributed by atoms with van der Waals surface area (Å²) in [6.07, 6.45) is 0. The van der Waals surface area contributed by atoms with Crippen LogP contribution in [0.15, 0.2) is 91.0 Å². The van der Waals surface area contributed by atoms with E-state index in [1.165, 1.54) is 10.8 Å². The number of benzene rings is 3. The first kappa shape index (κ1) is 17.6. The Kier molecular flexibility index (Phi) is 5.40. The second kappa shape index (κ2) is 7.36. The third-order valence-electron chi connectivity index (χ3n) is 3.60. The van der Waals surface area contributed by atoms with E-state index < -0.39 is 16.8 Å². The van der Waals surface area contributed by atoms with Gasteiger partial charge in [0, 0.05) is 0 Å². The van der Waals surface area contributed by atoms with Gasteiger partial charge >= 0.3 is 153 Å². The molecule has 0 nitrogen and oxygen atoms in total. The van der Waals surface area contributed by atoms with E-state index in [1.54, 1.807) is 0 Å². The summed E-state index contributed by atoms with van der Waals surface area (Å²) in [5, 5.41) is 0. The van der Waals surface area contributed by atoms with E-state index in [1.807, 2.05) is 0 Å². The SMILES string of the molecule is CC(C)(C)S[Te](c1ccccc1)(c1ccccc1)c1ccccc1. The third kappa shape index (κ3) is 3.72. The normalized spacial score (nSPS) is 12.8. The van der Waals surface area contributed by atoms with Crippen LogP contribution < -0.4 is 10.8 Å². The van der Waals surface area contributed by atoms with Crippen molar-refractivity contribution in [2.45, 2.75) is 25.5 Å². The van der Waals surface area contributed by atoms with Crippen LogP contribution >= 0.6 is 8.99 Å². The zero-order valence-corrected chi connectivity index (χ0v) is 17.6. The van der Waals surface area contributed by atoms with Crippen LogP contribution in [0.4, 0.5) is 0 Å². The molecule has 3 rings (SSSR count). The molecule has 0 atom stereocenters. The standard InChI is InChI=1S/C22H24STe/c1-22(2,3)23-24(19-13-7-4-8-14-19,20-15-9-5-10-16-20)21-17-11-6-12-18-21/h4-18H,1-3H3. The third-order valence-corrected chi connectivity index (χ3v) is 22.7. The molecular weight excluding hydrogens is 424 g/mol. The fourth-order valence-electron chi connectivity index (χ4n) is 2.76. The van der Waals surface area contributed by atoms with Crippen molar-refractivity contribution in [3.05, 3.63) is 91.0 Å². The van der Waals surface area contributed by atoms with Gasteiger partial charge in [0.2, 0.25) is 0 Å². The molecule has 2 heteroatoms. The van der Waals surface area contributed by atoms with Gasteiger partial charge in [0.05, 0.1) is 0 Å². The Hall–Kier alpha value is -1.20. The van der Waals surface area contributed by atoms with Gasteiger partial charge < -0.3 is 0 Å². The summed E-state index contributed by atoms with van der Waals surface area (Å²) in [7, 11) is 2.20. The van der Waals surface area contributed by atoms with E-state index in [4.69, 9.17) is 0 Å². The van der Waals surface area contributed by atoms with Gasteiger partial charge in [-0.1, -0.05) is 0 Å². The fraction of sp³-hybridized carbons (Fsp3) is 0.182. The molecule has 0 fully saturated rings. The molecule has 0 heterocycles. The van der Waals surface area contributed by atoms with E-state index in [2.05, 4.69) is 121 Å². The molecule has 0 saturated heterocycles. The number of hydrogen-bond donors (Lipinski definition) is 0. The topological polar surface area (TPSA) is 0 Å². The molecule has 24 heavy (non-hydrogen) atoms. The average Bonchev–Trinajstić information content (AvgIpc) is 2.61. The van der Waals surface area contributed by atoms with Crippen molar-refractivity contribution in [2.24, 2.45) is 0 Å². The first-order chi connectivity index (χ1) is 11.5. The Labute approximate surface area is 152 Å². The van der Waals surface area contributed by atoms with Crippen LogP contribution in [-0.4, -0.2) is 21.6 Å². The number of rotatable bonds is 4. The van der Waals surface area contributed by atoms with Crippen molar-refractivity contribution in [1.29, 1.82) is 0 Å². The molecule has 0 radical (unpaired) electrons. The molecule has 124 valence electrons. The maximum atomic E-state index is 2.34. The predicted octanol–water partition coefficient (Wildman–Crippen LogP) is 4.19. The van der Waals surface area contributed by atoms with Crippen LogP contribution in [0.5, 0.6) is 0 Å². The van der Waals surface area contributed by atoms with Crippen LogP contribution in [0.1, 0.15) is 20.8 Å². The van der Waals surface area contributed by atoms with Crippen LogP contribution in [0.25, 0.3) is 0 Å². The molecule has 0 aromatic heterocycles. The molecule has 0 bridgehead atoms. The minimum atomic E-state index is -2.85. The Balaban J connectivity index is 2.33. The minimum absolute atomic E-state index is 0.197. The quantitative estimate of drug-likeness (QED) is 0.540. The molecule has 3 aromatic carbocycles. The molecule has 0 aliphatic heterocycles.